The minimum absolute atomic E-state index is 0.0479. The van der Waals surface area contributed by atoms with E-state index in [0.717, 1.165) is 25.0 Å². The van der Waals surface area contributed by atoms with Gasteiger partial charge in [0.1, 0.15) is 5.75 Å². The molecule has 0 radical (unpaired) electrons. The fourth-order valence-electron chi connectivity index (χ4n) is 4.01. The number of nitrogens with one attached hydrogen (secondary N) is 1. The van der Waals surface area contributed by atoms with Gasteiger partial charge < -0.3 is 15.2 Å². The van der Waals surface area contributed by atoms with Crippen molar-refractivity contribution in [2.24, 2.45) is 11.3 Å². The molecule has 1 amide bonds. The molecule has 1 saturated carbocycles. The number of carbonyl (C=O) groups is 2. The minimum atomic E-state index is -4.77. The molecule has 0 aromatic heterocycles. The first-order chi connectivity index (χ1) is 12.2. The summed E-state index contributed by atoms with van der Waals surface area (Å²) in [5.74, 6) is -1.45. The number of nitrogens with zero attached hydrogens (tertiary/aromatic N) is 1. The summed E-state index contributed by atoms with van der Waals surface area (Å²) >= 11 is 0. The van der Waals surface area contributed by atoms with E-state index in [1.165, 1.54) is 12.1 Å². The molecule has 1 heterocycles. The number of anilines is 1. The van der Waals surface area contributed by atoms with Crippen molar-refractivity contribution < 1.29 is 32.6 Å². The smallest absolute Gasteiger partial charge is 0.481 e. The normalized spacial score (nSPS) is 25.7. The summed E-state index contributed by atoms with van der Waals surface area (Å²) in [6.45, 7) is 0.962. The van der Waals surface area contributed by atoms with Crippen molar-refractivity contribution in [2.45, 2.75) is 25.6 Å². The molecule has 1 aromatic carbocycles. The van der Waals surface area contributed by atoms with Crippen molar-refractivity contribution in [1.82, 2.24) is 4.90 Å². The molecule has 0 unspecified atom stereocenters. The third kappa shape index (κ3) is 3.92. The number of hydrogen-bond donors (Lipinski definition) is 2. The number of carbonyl (C=O) groups excluding carboxylic acids is 1. The molecule has 1 aliphatic heterocycles. The lowest BCUT2D eigenvalue weighted by Gasteiger charge is -2.23. The Bertz CT molecular complexity index is 692. The summed E-state index contributed by atoms with van der Waals surface area (Å²) in [6.07, 6.45) is -2.39. The van der Waals surface area contributed by atoms with Crippen LogP contribution in [-0.4, -0.2) is 47.9 Å². The molecule has 142 valence electrons. The molecule has 2 atom stereocenters. The zero-order valence-corrected chi connectivity index (χ0v) is 13.9. The molecule has 3 rings (SSSR count). The molecule has 2 fully saturated rings. The fourth-order valence-corrected chi connectivity index (χ4v) is 4.01. The van der Waals surface area contributed by atoms with E-state index in [1.54, 1.807) is 0 Å². The predicted octanol–water partition coefficient (Wildman–Crippen LogP) is 2.71. The van der Waals surface area contributed by atoms with Gasteiger partial charge in [0.25, 0.3) is 0 Å². The molecule has 2 N–H and O–H groups in total. The Balaban J connectivity index is 1.54. The van der Waals surface area contributed by atoms with E-state index in [2.05, 4.69) is 10.1 Å². The lowest BCUT2D eigenvalue weighted by Crippen LogP contribution is -2.37. The first-order valence-electron chi connectivity index (χ1n) is 8.29. The maximum Gasteiger partial charge on any atom is 0.573 e. The Labute approximate surface area is 147 Å². The summed E-state index contributed by atoms with van der Waals surface area (Å²) in [5.41, 5.74) is -0.409. The summed E-state index contributed by atoms with van der Waals surface area (Å²) in [4.78, 5) is 25.6. The van der Waals surface area contributed by atoms with Gasteiger partial charge in [-0.15, -0.1) is 13.2 Å². The van der Waals surface area contributed by atoms with Crippen LogP contribution in [0.5, 0.6) is 5.75 Å². The van der Waals surface area contributed by atoms with Crippen LogP contribution in [0.15, 0.2) is 24.3 Å². The summed E-state index contributed by atoms with van der Waals surface area (Å²) in [7, 11) is 0. The molecule has 0 bridgehead atoms. The van der Waals surface area contributed by atoms with Crippen LogP contribution in [0, 0.1) is 11.3 Å². The average molecular weight is 372 g/mol. The maximum absolute atomic E-state index is 12.2. The fraction of sp³-hybridized carbons (Fsp3) is 0.529. The van der Waals surface area contributed by atoms with Crippen LogP contribution in [0.1, 0.15) is 19.3 Å². The number of amides is 1. The van der Waals surface area contributed by atoms with Gasteiger partial charge in [-0.1, -0.05) is 6.42 Å². The van der Waals surface area contributed by atoms with Gasteiger partial charge in [-0.25, -0.2) is 0 Å². The Hall–Kier alpha value is -2.29. The SMILES string of the molecule is O=C(CN1C[C@@H]2CCC[C@@]2(C(=O)O)C1)Nc1ccc(OC(F)(F)F)cc1. The molecule has 1 aromatic rings. The molecular formula is C17H19F3N2O4. The van der Waals surface area contributed by atoms with Gasteiger partial charge in [-0.2, -0.15) is 0 Å². The highest BCUT2D eigenvalue weighted by Crippen LogP contribution is 2.48. The highest BCUT2D eigenvalue weighted by atomic mass is 19.4. The largest absolute Gasteiger partial charge is 0.573 e. The van der Waals surface area contributed by atoms with E-state index in [0.29, 0.717) is 25.2 Å². The second kappa shape index (κ2) is 6.79. The van der Waals surface area contributed by atoms with Crippen LogP contribution < -0.4 is 10.1 Å². The average Bonchev–Trinajstić information content (AvgIpc) is 3.05. The van der Waals surface area contributed by atoms with Crippen molar-refractivity contribution in [3.63, 3.8) is 0 Å². The van der Waals surface area contributed by atoms with Crippen LogP contribution in [-0.2, 0) is 9.59 Å². The van der Waals surface area contributed by atoms with Crippen molar-refractivity contribution in [2.75, 3.05) is 25.0 Å². The van der Waals surface area contributed by atoms with Gasteiger partial charge >= 0.3 is 12.3 Å². The van der Waals surface area contributed by atoms with Gasteiger partial charge in [0, 0.05) is 18.8 Å². The maximum atomic E-state index is 12.2. The zero-order chi connectivity index (χ0) is 18.9. The van der Waals surface area contributed by atoms with Gasteiger partial charge in [0.05, 0.1) is 12.0 Å². The second-order valence-electron chi connectivity index (χ2n) is 6.84. The van der Waals surface area contributed by atoms with Gasteiger partial charge in [-0.05, 0) is 43.0 Å². The molecule has 9 heteroatoms. The Morgan fingerprint density at radius 2 is 2.00 bits per heavy atom. The van der Waals surface area contributed by atoms with E-state index in [9.17, 15) is 27.9 Å². The third-order valence-electron chi connectivity index (χ3n) is 5.11. The number of carboxylic acid groups (broad SMARTS) is 1. The summed E-state index contributed by atoms with van der Waals surface area (Å²) < 4.78 is 40.1. The minimum Gasteiger partial charge on any atom is -0.481 e. The molecular weight excluding hydrogens is 353 g/mol. The van der Waals surface area contributed by atoms with Crippen LogP contribution in [0.4, 0.5) is 18.9 Å². The summed E-state index contributed by atoms with van der Waals surface area (Å²) in [5, 5.41) is 12.2. The van der Waals surface area contributed by atoms with Crippen molar-refractivity contribution in [3.8, 4) is 5.75 Å². The molecule has 0 spiro atoms. The zero-order valence-electron chi connectivity index (χ0n) is 13.9. The summed E-state index contributed by atoms with van der Waals surface area (Å²) in [6, 6.07) is 4.86. The third-order valence-corrected chi connectivity index (χ3v) is 5.11. The number of fused-ring (bicyclic) bond motifs is 1. The number of halogens is 3. The first-order valence-corrected chi connectivity index (χ1v) is 8.29. The molecule has 1 aliphatic carbocycles. The number of hydrogen-bond acceptors (Lipinski definition) is 4. The first kappa shape index (κ1) is 18.5. The lowest BCUT2D eigenvalue weighted by atomic mass is 9.81. The van der Waals surface area contributed by atoms with Gasteiger partial charge in [-0.3, -0.25) is 14.5 Å². The molecule has 26 heavy (non-hydrogen) atoms. The van der Waals surface area contributed by atoms with E-state index >= 15 is 0 Å². The number of aliphatic carboxylic acids is 1. The monoisotopic (exact) mass is 372 g/mol. The number of benzene rings is 1. The van der Waals surface area contributed by atoms with Crippen LogP contribution in [0.3, 0.4) is 0 Å². The van der Waals surface area contributed by atoms with Crippen molar-refractivity contribution >= 4 is 17.6 Å². The van der Waals surface area contributed by atoms with E-state index < -0.39 is 17.7 Å². The Morgan fingerprint density at radius 1 is 1.31 bits per heavy atom. The lowest BCUT2D eigenvalue weighted by molar-refractivity contribution is -0.274. The van der Waals surface area contributed by atoms with E-state index in [-0.39, 0.29) is 24.1 Å². The van der Waals surface area contributed by atoms with Gasteiger partial charge in [0.15, 0.2) is 0 Å². The highest BCUT2D eigenvalue weighted by molar-refractivity contribution is 5.92. The predicted molar refractivity (Wildman–Crippen MR) is 85.6 cm³/mol. The number of alkyl halides is 3. The quantitative estimate of drug-likeness (QED) is 0.831. The second-order valence-corrected chi connectivity index (χ2v) is 6.84. The topological polar surface area (TPSA) is 78.9 Å². The van der Waals surface area contributed by atoms with Gasteiger partial charge in [0.2, 0.25) is 5.91 Å². The number of carboxylic acids is 1. The number of ether oxygens (including phenoxy) is 1. The Kier molecular flexibility index (Phi) is 4.83. The Morgan fingerprint density at radius 3 is 2.58 bits per heavy atom. The standard InChI is InChI=1S/C17H19F3N2O4/c18-17(19,20)26-13-5-3-12(4-6-13)21-14(23)9-22-8-11-2-1-7-16(11,10-22)15(24)25/h3-6,11H,1-2,7-10H2,(H,21,23)(H,24,25)/t11-,16+/m0/s1. The molecule has 6 nitrogen and oxygen atoms in total. The number of rotatable bonds is 5. The van der Waals surface area contributed by atoms with E-state index in [4.69, 9.17) is 0 Å². The molecule has 2 aliphatic rings. The van der Waals surface area contributed by atoms with Crippen molar-refractivity contribution in [3.05, 3.63) is 24.3 Å². The van der Waals surface area contributed by atoms with Crippen LogP contribution in [0.25, 0.3) is 0 Å². The van der Waals surface area contributed by atoms with Crippen molar-refractivity contribution in [1.29, 1.82) is 0 Å². The number of likely N-dealkylation sites (tertiary alicyclic amines) is 1. The molecule has 1 saturated heterocycles. The van der Waals surface area contributed by atoms with Crippen LogP contribution in [0.2, 0.25) is 0 Å². The van der Waals surface area contributed by atoms with Crippen LogP contribution >= 0.6 is 0 Å². The highest BCUT2D eigenvalue weighted by Gasteiger charge is 2.54. The van der Waals surface area contributed by atoms with E-state index in [1.807, 2.05) is 4.90 Å².